The maximum Gasteiger partial charge on any atom is 0.490 e. The number of hydrogen-bond donors (Lipinski definition) is 6. The molecule has 1 aliphatic heterocycles. The Morgan fingerprint density at radius 3 is 2.46 bits per heavy atom. The molecular formula is C17H21N6O13P3. The van der Waals surface area contributed by atoms with Gasteiger partial charge < -0.3 is 40.5 Å². The number of ether oxygens (including phenoxy) is 2. The minimum Gasteiger partial charge on any atom is -0.456 e. The molecule has 0 saturated carbocycles. The molecule has 0 radical (unpaired) electrons. The summed E-state index contributed by atoms with van der Waals surface area (Å²) in [6.45, 7) is -0.869. The second-order valence-electron chi connectivity index (χ2n) is 7.87. The molecule has 5 atom stereocenters. The molecule has 1 aromatic carbocycles. The van der Waals surface area contributed by atoms with Crippen LogP contribution in [0.15, 0.2) is 36.9 Å². The number of nitrogens with two attached hydrogens (primary N) is 2. The first kappa shape index (κ1) is 29.2. The van der Waals surface area contributed by atoms with E-state index in [4.69, 9.17) is 30.7 Å². The van der Waals surface area contributed by atoms with Crippen molar-refractivity contribution in [1.82, 2.24) is 19.5 Å². The number of carbonyl (C=O) groups excluding carboxylic acids is 1. The molecule has 0 aliphatic carbocycles. The Morgan fingerprint density at radius 1 is 1.05 bits per heavy atom. The zero-order chi connectivity index (χ0) is 28.6. The number of hydrogen-bond acceptors (Lipinski definition) is 14. The molecule has 212 valence electrons. The minimum atomic E-state index is -5.74. The lowest BCUT2D eigenvalue weighted by molar-refractivity contribution is -0.0489. The number of fused-ring (bicyclic) bond motifs is 1. The Labute approximate surface area is 218 Å². The van der Waals surface area contributed by atoms with Crippen molar-refractivity contribution in [3.63, 3.8) is 0 Å². The van der Waals surface area contributed by atoms with Crippen LogP contribution in [0.3, 0.4) is 0 Å². The van der Waals surface area contributed by atoms with Gasteiger partial charge in [-0.2, -0.15) is 8.62 Å². The van der Waals surface area contributed by atoms with Gasteiger partial charge in [-0.25, -0.2) is 33.4 Å². The van der Waals surface area contributed by atoms with Crippen molar-refractivity contribution in [2.75, 3.05) is 18.1 Å². The molecule has 39 heavy (non-hydrogen) atoms. The van der Waals surface area contributed by atoms with E-state index >= 15 is 0 Å². The van der Waals surface area contributed by atoms with Gasteiger partial charge in [0, 0.05) is 12.1 Å². The van der Waals surface area contributed by atoms with Crippen molar-refractivity contribution in [2.45, 2.75) is 24.9 Å². The zero-order valence-electron chi connectivity index (χ0n) is 19.4. The summed E-state index contributed by atoms with van der Waals surface area (Å²) in [6, 6.07) is 6.04. The van der Waals surface area contributed by atoms with Crippen molar-refractivity contribution in [3.05, 3.63) is 42.5 Å². The number of rotatable bonds is 10. The lowest BCUT2D eigenvalue weighted by Crippen LogP contribution is -2.31. The number of anilines is 2. The van der Waals surface area contributed by atoms with Gasteiger partial charge >= 0.3 is 29.4 Å². The number of nitrogens with zero attached hydrogens (tertiary/aromatic N) is 4. The fourth-order valence-electron chi connectivity index (χ4n) is 3.58. The van der Waals surface area contributed by atoms with E-state index in [1.54, 1.807) is 12.1 Å². The largest absolute Gasteiger partial charge is 0.490 e. The Morgan fingerprint density at radius 2 is 1.77 bits per heavy atom. The van der Waals surface area contributed by atoms with Crippen LogP contribution < -0.4 is 11.5 Å². The smallest absolute Gasteiger partial charge is 0.456 e. The van der Waals surface area contributed by atoms with Crippen LogP contribution in [0.4, 0.5) is 11.5 Å². The highest BCUT2D eigenvalue weighted by molar-refractivity contribution is 7.66. The monoisotopic (exact) mass is 610 g/mol. The number of phosphoric ester groups is 1. The molecule has 2 aromatic heterocycles. The van der Waals surface area contributed by atoms with Gasteiger partial charge in [-0.3, -0.25) is 9.09 Å². The molecule has 1 saturated heterocycles. The van der Waals surface area contributed by atoms with E-state index in [0.29, 0.717) is 0 Å². The number of para-hydroxylation sites is 1. The van der Waals surface area contributed by atoms with Crippen LogP contribution in [0.2, 0.25) is 0 Å². The molecule has 0 bridgehead atoms. The van der Waals surface area contributed by atoms with Crippen LogP contribution >= 0.6 is 23.5 Å². The van der Waals surface area contributed by atoms with Gasteiger partial charge in [0.1, 0.15) is 30.3 Å². The molecule has 5 unspecified atom stereocenters. The summed E-state index contributed by atoms with van der Waals surface area (Å²) >= 11 is 0. The van der Waals surface area contributed by atoms with E-state index < -0.39 is 54.5 Å². The molecule has 1 aliphatic rings. The quantitative estimate of drug-likeness (QED) is 0.105. The molecule has 19 nitrogen and oxygen atoms in total. The summed E-state index contributed by atoms with van der Waals surface area (Å²) in [5.74, 6) is -0.767. The third-order valence-corrected chi connectivity index (χ3v) is 8.94. The number of phosphoric acid groups is 3. The zero-order valence-corrected chi connectivity index (χ0v) is 22.0. The number of aromatic nitrogens is 4. The maximum absolute atomic E-state index is 12.8. The van der Waals surface area contributed by atoms with Gasteiger partial charge in [0.05, 0.1) is 18.5 Å². The lowest BCUT2D eigenvalue weighted by atomic mass is 10.1. The third-order valence-electron chi connectivity index (χ3n) is 5.13. The van der Waals surface area contributed by atoms with Crippen molar-refractivity contribution in [1.29, 1.82) is 0 Å². The average molecular weight is 610 g/mol. The highest BCUT2D eigenvalue weighted by Crippen LogP contribution is 2.66. The first-order chi connectivity index (χ1) is 18.1. The number of nitrogen functional groups attached to an aromatic ring is 2. The van der Waals surface area contributed by atoms with Crippen molar-refractivity contribution in [2.24, 2.45) is 0 Å². The molecule has 3 aromatic rings. The van der Waals surface area contributed by atoms with Gasteiger partial charge in [-0.15, -0.1) is 0 Å². The summed E-state index contributed by atoms with van der Waals surface area (Å²) in [5, 5.41) is 0. The van der Waals surface area contributed by atoms with Crippen LogP contribution in [0.5, 0.6) is 0 Å². The number of imidazole rings is 1. The van der Waals surface area contributed by atoms with Crippen molar-refractivity contribution in [3.8, 4) is 0 Å². The molecule has 22 heteroatoms. The van der Waals surface area contributed by atoms with E-state index in [1.165, 1.54) is 29.4 Å². The van der Waals surface area contributed by atoms with Gasteiger partial charge in [0.25, 0.3) is 0 Å². The van der Waals surface area contributed by atoms with E-state index in [0.717, 1.165) is 0 Å². The molecular weight excluding hydrogens is 589 g/mol. The predicted octanol–water partition coefficient (Wildman–Crippen LogP) is 0.847. The Bertz CT molecular complexity index is 1530. The number of benzene rings is 1. The van der Waals surface area contributed by atoms with E-state index in [9.17, 15) is 28.3 Å². The van der Waals surface area contributed by atoms with Gasteiger partial charge in [-0.05, 0) is 12.1 Å². The van der Waals surface area contributed by atoms with Gasteiger partial charge in [0.2, 0.25) is 0 Å². The third kappa shape index (κ3) is 7.25. The van der Waals surface area contributed by atoms with Crippen molar-refractivity contribution < 1.29 is 60.7 Å². The molecule has 0 spiro atoms. The second kappa shape index (κ2) is 11.0. The topological polar surface area (TPSA) is 291 Å². The fourth-order valence-corrected chi connectivity index (χ4v) is 6.61. The molecule has 1 fully saturated rings. The van der Waals surface area contributed by atoms with Crippen molar-refractivity contribution >= 4 is 52.1 Å². The highest BCUT2D eigenvalue weighted by Gasteiger charge is 2.44. The normalized spacial score (nSPS) is 22.8. The standard InChI is InChI=1S/C17H21N6O13P3/c18-10-4-2-1-3-9(10)17(24)34-11-5-13(23-8-22-14-15(19)20-7-21-16(14)23)33-12(11)6-32-38(28,29)36-39(30,31)35-37(25,26)27/h1-4,7-8,11-13H,5-6,18H2,(H,28,29)(H,30,31)(H2,19,20,21)(H2,25,26,27). The van der Waals surface area contributed by atoms with E-state index in [2.05, 4.69) is 28.1 Å². The predicted molar refractivity (Wildman–Crippen MR) is 128 cm³/mol. The van der Waals surface area contributed by atoms with Crippen LogP contribution in [0.1, 0.15) is 23.0 Å². The first-order valence-electron chi connectivity index (χ1n) is 10.6. The molecule has 3 heterocycles. The minimum absolute atomic E-state index is 0.0289. The summed E-state index contributed by atoms with van der Waals surface area (Å²) in [6.07, 6.45) is -0.897. The summed E-state index contributed by atoms with van der Waals surface area (Å²) in [5.41, 5.74) is 12.3. The average Bonchev–Trinajstić information content (AvgIpc) is 3.40. The number of carbonyl (C=O) groups is 1. The summed E-state index contributed by atoms with van der Waals surface area (Å²) < 4.78 is 59.6. The Balaban J connectivity index is 1.54. The lowest BCUT2D eigenvalue weighted by Gasteiger charge is -2.21. The fraction of sp³-hybridized carbons (Fsp3) is 0.294. The second-order valence-corrected chi connectivity index (χ2v) is 12.3. The Kier molecular flexibility index (Phi) is 8.23. The SMILES string of the molecule is Nc1ccccc1C(=O)OC1CC(n2cnc3c(N)ncnc32)OC1COP(=O)(O)OP(=O)(O)OP(=O)(O)O. The van der Waals surface area contributed by atoms with Crippen LogP contribution in [0.25, 0.3) is 11.2 Å². The maximum atomic E-state index is 12.8. The van der Waals surface area contributed by atoms with Gasteiger partial charge in [-0.1, -0.05) is 12.1 Å². The molecule has 4 rings (SSSR count). The molecule has 8 N–H and O–H groups in total. The van der Waals surface area contributed by atoms with E-state index in [-0.39, 0.29) is 34.7 Å². The summed E-state index contributed by atoms with van der Waals surface area (Å²) in [4.78, 5) is 61.4. The van der Waals surface area contributed by atoms with Crippen LogP contribution in [-0.2, 0) is 36.3 Å². The highest BCUT2D eigenvalue weighted by atomic mass is 31.3. The summed E-state index contributed by atoms with van der Waals surface area (Å²) in [7, 11) is -16.8. The Hall–Kier alpha value is -2.79. The van der Waals surface area contributed by atoms with E-state index in [1.807, 2.05) is 0 Å². The molecule has 0 amide bonds. The van der Waals surface area contributed by atoms with Gasteiger partial charge in [0.15, 0.2) is 11.5 Å². The van der Waals surface area contributed by atoms with Crippen LogP contribution in [0, 0.1) is 0 Å². The van der Waals surface area contributed by atoms with Crippen LogP contribution in [-0.4, -0.2) is 63.9 Å². The number of esters is 1. The first-order valence-corrected chi connectivity index (χ1v) is 15.1.